The molecule has 0 radical (unpaired) electrons. The Labute approximate surface area is 137 Å². The average molecular weight is 332 g/mol. The molecule has 4 rings (SSSR count). The summed E-state index contributed by atoms with van der Waals surface area (Å²) >= 11 is 3.50. The SMILES string of the molecule is COc1ccc([C@@H]2SC=C3Sc4nnc(C(C)C)n4N32)cc1. The number of benzene rings is 1. The minimum Gasteiger partial charge on any atom is -0.497 e. The third-order valence-corrected chi connectivity index (χ3v) is 5.90. The van der Waals surface area contributed by atoms with Gasteiger partial charge in [0.1, 0.15) is 16.2 Å². The van der Waals surface area contributed by atoms with Crippen LogP contribution in [0, 0.1) is 0 Å². The molecule has 0 unspecified atom stereocenters. The molecule has 0 fully saturated rings. The van der Waals surface area contributed by atoms with E-state index in [-0.39, 0.29) is 5.37 Å². The van der Waals surface area contributed by atoms with Crippen molar-refractivity contribution in [2.24, 2.45) is 0 Å². The zero-order valence-corrected chi connectivity index (χ0v) is 14.2. The number of thioether (sulfide) groups is 2. The first-order chi connectivity index (χ1) is 10.7. The standard InChI is InChI=1S/C15H16N4OS2/c1-9(2)13-16-17-15-19(13)18-12(22-15)8-21-14(18)10-4-6-11(20-3)7-5-10/h4-9,14H,1-3H3/t14-/m0/s1. The van der Waals surface area contributed by atoms with E-state index in [1.54, 1.807) is 18.9 Å². The van der Waals surface area contributed by atoms with Gasteiger partial charge in [-0.25, -0.2) is 4.68 Å². The van der Waals surface area contributed by atoms with Gasteiger partial charge in [-0.15, -0.1) is 10.2 Å². The van der Waals surface area contributed by atoms with Gasteiger partial charge in [-0.2, -0.15) is 0 Å². The van der Waals surface area contributed by atoms with Crippen molar-refractivity contribution in [2.45, 2.75) is 30.3 Å². The normalized spacial score (nSPS) is 19.4. The van der Waals surface area contributed by atoms with E-state index >= 15 is 0 Å². The highest BCUT2D eigenvalue weighted by molar-refractivity contribution is 8.07. The van der Waals surface area contributed by atoms with Crippen LogP contribution < -0.4 is 9.75 Å². The lowest BCUT2D eigenvalue weighted by Crippen LogP contribution is -2.31. The maximum absolute atomic E-state index is 5.25. The molecule has 0 spiro atoms. The van der Waals surface area contributed by atoms with E-state index in [4.69, 9.17) is 4.74 Å². The van der Waals surface area contributed by atoms with Gasteiger partial charge in [-0.1, -0.05) is 37.7 Å². The number of aromatic nitrogens is 3. The van der Waals surface area contributed by atoms with Crippen molar-refractivity contribution in [1.29, 1.82) is 0 Å². The van der Waals surface area contributed by atoms with Crippen LogP contribution in [-0.2, 0) is 0 Å². The van der Waals surface area contributed by atoms with E-state index < -0.39 is 0 Å². The molecule has 0 saturated carbocycles. The number of methoxy groups -OCH3 is 1. The highest BCUT2D eigenvalue weighted by Crippen LogP contribution is 2.51. The molecule has 1 aromatic heterocycles. The summed E-state index contributed by atoms with van der Waals surface area (Å²) in [6.07, 6.45) is 0. The van der Waals surface area contributed by atoms with Crippen LogP contribution in [0.1, 0.15) is 36.5 Å². The monoisotopic (exact) mass is 332 g/mol. The molecule has 0 aliphatic carbocycles. The predicted octanol–water partition coefficient (Wildman–Crippen LogP) is 3.70. The quantitative estimate of drug-likeness (QED) is 0.854. The summed E-state index contributed by atoms with van der Waals surface area (Å²) < 4.78 is 7.41. The Morgan fingerprint density at radius 2 is 1.95 bits per heavy atom. The number of nitrogens with zero attached hydrogens (tertiary/aromatic N) is 4. The Hall–Kier alpha value is -1.60. The van der Waals surface area contributed by atoms with Crippen molar-refractivity contribution in [3.8, 4) is 5.75 Å². The van der Waals surface area contributed by atoms with Gasteiger partial charge < -0.3 is 4.74 Å². The van der Waals surface area contributed by atoms with Crippen molar-refractivity contribution >= 4 is 23.5 Å². The average Bonchev–Trinajstić information content (AvgIpc) is 3.17. The second-order valence-corrected chi connectivity index (χ2v) is 7.41. The maximum Gasteiger partial charge on any atom is 0.216 e. The topological polar surface area (TPSA) is 43.2 Å². The van der Waals surface area contributed by atoms with Crippen LogP contribution in [0.15, 0.2) is 39.9 Å². The number of hydrogen-bond donors (Lipinski definition) is 0. The van der Waals surface area contributed by atoms with Gasteiger partial charge in [0.15, 0.2) is 5.82 Å². The zero-order chi connectivity index (χ0) is 15.3. The molecule has 1 atom stereocenters. The molecular weight excluding hydrogens is 316 g/mol. The van der Waals surface area contributed by atoms with Crippen LogP contribution in [-0.4, -0.2) is 22.0 Å². The minimum atomic E-state index is 0.211. The first-order valence-corrected chi connectivity index (χ1v) is 8.87. The molecule has 0 amide bonds. The predicted molar refractivity (Wildman–Crippen MR) is 89.6 cm³/mol. The maximum atomic E-state index is 5.25. The minimum absolute atomic E-state index is 0.211. The van der Waals surface area contributed by atoms with E-state index in [0.717, 1.165) is 16.7 Å². The fourth-order valence-electron chi connectivity index (χ4n) is 2.61. The highest BCUT2D eigenvalue weighted by atomic mass is 32.2. The first kappa shape index (κ1) is 14.0. The lowest BCUT2D eigenvalue weighted by atomic mass is 10.2. The molecule has 0 N–H and O–H groups in total. The van der Waals surface area contributed by atoms with Crippen LogP contribution in [0.3, 0.4) is 0 Å². The Balaban J connectivity index is 1.73. The molecule has 3 heterocycles. The number of ether oxygens (including phenoxy) is 1. The summed E-state index contributed by atoms with van der Waals surface area (Å²) in [7, 11) is 1.69. The smallest absolute Gasteiger partial charge is 0.216 e. The van der Waals surface area contributed by atoms with Gasteiger partial charge >= 0.3 is 0 Å². The molecule has 0 bridgehead atoms. The molecule has 2 aliphatic rings. The van der Waals surface area contributed by atoms with Crippen LogP contribution in [0.25, 0.3) is 0 Å². The van der Waals surface area contributed by atoms with Crippen LogP contribution in [0.2, 0.25) is 0 Å². The highest BCUT2D eigenvalue weighted by Gasteiger charge is 2.39. The number of fused-ring (bicyclic) bond motifs is 3. The summed E-state index contributed by atoms with van der Waals surface area (Å²) in [5.74, 6) is 2.22. The van der Waals surface area contributed by atoms with E-state index in [1.807, 2.05) is 23.9 Å². The summed E-state index contributed by atoms with van der Waals surface area (Å²) in [6, 6.07) is 8.26. The van der Waals surface area contributed by atoms with Crippen molar-refractivity contribution < 1.29 is 4.74 Å². The number of hydrogen-bond acceptors (Lipinski definition) is 6. The van der Waals surface area contributed by atoms with Gasteiger partial charge in [-0.3, -0.25) is 5.01 Å². The van der Waals surface area contributed by atoms with Crippen LogP contribution in [0.4, 0.5) is 0 Å². The van der Waals surface area contributed by atoms with Gasteiger partial charge in [0, 0.05) is 11.3 Å². The van der Waals surface area contributed by atoms with Gasteiger partial charge in [0.2, 0.25) is 5.16 Å². The molecule has 2 aromatic rings. The molecule has 5 nitrogen and oxygen atoms in total. The van der Waals surface area contributed by atoms with Crippen LogP contribution in [0.5, 0.6) is 5.75 Å². The molecule has 7 heteroatoms. The van der Waals surface area contributed by atoms with E-state index in [9.17, 15) is 0 Å². The van der Waals surface area contributed by atoms with E-state index in [1.165, 1.54) is 10.6 Å². The van der Waals surface area contributed by atoms with Gasteiger partial charge in [0.05, 0.1) is 7.11 Å². The Morgan fingerprint density at radius 1 is 1.18 bits per heavy atom. The van der Waals surface area contributed by atoms with Crippen LogP contribution >= 0.6 is 23.5 Å². The zero-order valence-electron chi connectivity index (χ0n) is 12.6. The first-order valence-electron chi connectivity index (χ1n) is 7.11. The largest absolute Gasteiger partial charge is 0.497 e. The molecule has 22 heavy (non-hydrogen) atoms. The fourth-order valence-corrected chi connectivity index (χ4v) is 4.84. The summed E-state index contributed by atoms with van der Waals surface area (Å²) in [5.41, 5.74) is 1.24. The van der Waals surface area contributed by atoms with Gasteiger partial charge in [0.25, 0.3) is 0 Å². The van der Waals surface area contributed by atoms with E-state index in [0.29, 0.717) is 5.92 Å². The lowest BCUT2D eigenvalue weighted by molar-refractivity contribution is 0.414. The lowest BCUT2D eigenvalue weighted by Gasteiger charge is -2.26. The van der Waals surface area contributed by atoms with Gasteiger partial charge in [-0.05, 0) is 29.5 Å². The third-order valence-electron chi connectivity index (χ3n) is 3.71. The Bertz CT molecular complexity index is 739. The fraction of sp³-hybridized carbons (Fsp3) is 0.333. The summed E-state index contributed by atoms with van der Waals surface area (Å²) in [4.78, 5) is 0. The summed E-state index contributed by atoms with van der Waals surface area (Å²) in [5, 5.41) is 15.6. The third kappa shape index (κ3) is 2.03. The van der Waals surface area contributed by atoms with E-state index in [2.05, 4.69) is 51.3 Å². The second kappa shape index (κ2) is 5.24. The molecule has 114 valence electrons. The van der Waals surface area contributed by atoms with Crippen molar-refractivity contribution in [3.05, 3.63) is 46.1 Å². The van der Waals surface area contributed by atoms with Crippen molar-refractivity contribution in [3.63, 3.8) is 0 Å². The molecular formula is C15H16N4OS2. The second-order valence-electron chi connectivity index (χ2n) is 5.47. The molecule has 0 saturated heterocycles. The molecule has 2 aliphatic heterocycles. The summed E-state index contributed by atoms with van der Waals surface area (Å²) in [6.45, 7) is 4.30. The molecule has 1 aromatic carbocycles. The Morgan fingerprint density at radius 3 is 2.64 bits per heavy atom. The Kier molecular flexibility index (Phi) is 3.34. The number of rotatable bonds is 3. The van der Waals surface area contributed by atoms with Crippen molar-refractivity contribution in [2.75, 3.05) is 12.1 Å². The van der Waals surface area contributed by atoms with Crippen molar-refractivity contribution in [1.82, 2.24) is 14.9 Å².